The van der Waals surface area contributed by atoms with Crippen molar-refractivity contribution in [2.45, 2.75) is 13.0 Å². The first-order valence-electron chi connectivity index (χ1n) is 5.53. The van der Waals surface area contributed by atoms with E-state index in [0.29, 0.717) is 11.3 Å². The Bertz CT molecular complexity index is 412. The number of nitrogens with zero attached hydrogens (tertiary/aromatic N) is 2. The lowest BCUT2D eigenvalue weighted by atomic mass is 10.2. The molecule has 1 unspecified atom stereocenters. The van der Waals surface area contributed by atoms with Crippen molar-refractivity contribution in [1.29, 1.82) is 0 Å². The Balaban J connectivity index is 2.23. The first-order valence-corrected chi connectivity index (χ1v) is 6.69. The van der Waals surface area contributed by atoms with Crippen LogP contribution < -0.4 is 11.3 Å². The lowest BCUT2D eigenvalue weighted by molar-refractivity contribution is 0.0716. The van der Waals surface area contributed by atoms with Crippen LogP contribution in [-0.4, -0.2) is 39.9 Å². The number of aromatic nitrogens is 1. The summed E-state index contributed by atoms with van der Waals surface area (Å²) in [5, 5.41) is 0. The molecule has 1 amide bonds. The predicted molar refractivity (Wildman–Crippen MR) is 69.9 cm³/mol. The number of anilines is 1. The Labute approximate surface area is 105 Å². The number of carbonyl (C=O) groups is 1. The Morgan fingerprint density at radius 3 is 3.24 bits per heavy atom. The van der Waals surface area contributed by atoms with E-state index in [-0.39, 0.29) is 11.9 Å². The minimum absolute atomic E-state index is 0.00106. The van der Waals surface area contributed by atoms with Gasteiger partial charge in [0.2, 0.25) is 0 Å². The number of nitrogens with one attached hydrogen (secondary N) is 1. The van der Waals surface area contributed by atoms with Crippen LogP contribution in [0, 0.1) is 0 Å². The van der Waals surface area contributed by atoms with Crippen molar-refractivity contribution in [1.82, 2.24) is 9.88 Å². The fraction of sp³-hybridized carbons (Fsp3) is 0.455. The Morgan fingerprint density at radius 1 is 1.71 bits per heavy atom. The van der Waals surface area contributed by atoms with Crippen molar-refractivity contribution in [3.05, 3.63) is 24.0 Å². The number of nitrogen functional groups attached to an aromatic ring is 1. The monoisotopic (exact) mass is 252 g/mol. The third-order valence-electron chi connectivity index (χ3n) is 2.84. The predicted octanol–water partition coefficient (Wildman–Crippen LogP) is 0.945. The van der Waals surface area contributed by atoms with Gasteiger partial charge in [-0.3, -0.25) is 15.6 Å². The molecule has 0 aromatic carbocycles. The molecule has 0 bridgehead atoms. The molecule has 5 nitrogen and oxygen atoms in total. The molecule has 0 aliphatic carbocycles. The van der Waals surface area contributed by atoms with E-state index in [1.807, 2.05) is 16.7 Å². The topological polar surface area (TPSA) is 71.2 Å². The minimum atomic E-state index is -0.00106. The maximum Gasteiger partial charge on any atom is 0.257 e. The van der Waals surface area contributed by atoms with E-state index in [4.69, 9.17) is 5.84 Å². The largest absolute Gasteiger partial charge is 0.334 e. The fourth-order valence-corrected chi connectivity index (χ4v) is 2.89. The van der Waals surface area contributed by atoms with E-state index >= 15 is 0 Å². The summed E-state index contributed by atoms with van der Waals surface area (Å²) < 4.78 is 0. The molecule has 2 heterocycles. The number of nitrogens with two attached hydrogens (primary N) is 1. The molecule has 1 saturated heterocycles. The zero-order chi connectivity index (χ0) is 12.3. The second-order valence-electron chi connectivity index (χ2n) is 3.99. The molecular formula is C11H16N4OS. The Hall–Kier alpha value is -1.27. The van der Waals surface area contributed by atoms with Crippen LogP contribution in [-0.2, 0) is 0 Å². The quantitative estimate of drug-likeness (QED) is 0.605. The number of carbonyl (C=O) groups excluding carboxylic acids is 1. The molecule has 92 valence electrons. The van der Waals surface area contributed by atoms with Crippen LogP contribution in [0.5, 0.6) is 0 Å². The van der Waals surface area contributed by atoms with Gasteiger partial charge < -0.3 is 10.3 Å². The molecular weight excluding hydrogens is 236 g/mol. The van der Waals surface area contributed by atoms with Gasteiger partial charge in [-0.15, -0.1) is 0 Å². The van der Waals surface area contributed by atoms with Crippen LogP contribution in [0.15, 0.2) is 18.5 Å². The normalized spacial score (nSPS) is 20.1. The number of hydrogen-bond acceptors (Lipinski definition) is 5. The molecule has 1 aliphatic rings. The number of amides is 1. The lowest BCUT2D eigenvalue weighted by Crippen LogP contribution is -2.44. The molecule has 17 heavy (non-hydrogen) atoms. The third-order valence-corrected chi connectivity index (χ3v) is 4.02. The van der Waals surface area contributed by atoms with Crippen LogP contribution in [0.3, 0.4) is 0 Å². The van der Waals surface area contributed by atoms with Crippen LogP contribution in [0.25, 0.3) is 0 Å². The Kier molecular flexibility index (Phi) is 3.86. The third kappa shape index (κ3) is 2.53. The van der Waals surface area contributed by atoms with Gasteiger partial charge in [0.05, 0.1) is 11.3 Å². The number of thioether (sulfide) groups is 1. The van der Waals surface area contributed by atoms with E-state index in [1.54, 1.807) is 18.5 Å². The van der Waals surface area contributed by atoms with Gasteiger partial charge in [-0.2, -0.15) is 11.8 Å². The summed E-state index contributed by atoms with van der Waals surface area (Å²) >= 11 is 1.88. The fourth-order valence-electron chi connectivity index (χ4n) is 1.87. The van der Waals surface area contributed by atoms with Crippen LogP contribution in [0.1, 0.15) is 17.3 Å². The van der Waals surface area contributed by atoms with Gasteiger partial charge in [0.25, 0.3) is 5.91 Å². The molecule has 0 saturated carbocycles. The average Bonchev–Trinajstić information content (AvgIpc) is 2.38. The standard InChI is InChI=1S/C11H16N4OS/c1-8-7-17-5-4-15(8)11(16)9-6-13-3-2-10(9)14-12/h2-3,6,8H,4-5,7,12H2,1H3,(H,13,14). The van der Waals surface area contributed by atoms with Crippen molar-refractivity contribution >= 4 is 23.4 Å². The highest BCUT2D eigenvalue weighted by molar-refractivity contribution is 7.99. The molecule has 1 aromatic rings. The van der Waals surface area contributed by atoms with Crippen molar-refractivity contribution < 1.29 is 4.79 Å². The SMILES string of the molecule is CC1CSCCN1C(=O)c1cnccc1NN. The molecule has 1 atom stereocenters. The van der Waals surface area contributed by atoms with Gasteiger partial charge in [0, 0.05) is 36.5 Å². The van der Waals surface area contributed by atoms with Gasteiger partial charge in [-0.05, 0) is 13.0 Å². The van der Waals surface area contributed by atoms with Crippen molar-refractivity contribution in [3.8, 4) is 0 Å². The van der Waals surface area contributed by atoms with Crippen molar-refractivity contribution in [2.24, 2.45) is 5.84 Å². The number of pyridine rings is 1. The molecule has 1 aliphatic heterocycles. The second-order valence-corrected chi connectivity index (χ2v) is 5.14. The first kappa shape index (κ1) is 12.2. The summed E-state index contributed by atoms with van der Waals surface area (Å²) in [5.41, 5.74) is 3.69. The summed E-state index contributed by atoms with van der Waals surface area (Å²) in [6.07, 6.45) is 3.17. The highest BCUT2D eigenvalue weighted by Gasteiger charge is 2.26. The highest BCUT2D eigenvalue weighted by Crippen LogP contribution is 2.21. The smallest absolute Gasteiger partial charge is 0.257 e. The minimum Gasteiger partial charge on any atom is -0.334 e. The van der Waals surface area contributed by atoms with Crippen LogP contribution in [0.2, 0.25) is 0 Å². The summed E-state index contributed by atoms with van der Waals surface area (Å²) in [5.74, 6) is 7.37. The van der Waals surface area contributed by atoms with Gasteiger partial charge in [0.1, 0.15) is 0 Å². The lowest BCUT2D eigenvalue weighted by Gasteiger charge is -2.33. The van der Waals surface area contributed by atoms with Crippen LogP contribution >= 0.6 is 11.8 Å². The molecule has 1 fully saturated rings. The molecule has 0 radical (unpaired) electrons. The zero-order valence-electron chi connectivity index (χ0n) is 9.72. The summed E-state index contributed by atoms with van der Waals surface area (Å²) in [7, 11) is 0. The van der Waals surface area contributed by atoms with Crippen molar-refractivity contribution in [3.63, 3.8) is 0 Å². The number of hydrogen-bond donors (Lipinski definition) is 2. The van der Waals surface area contributed by atoms with Crippen molar-refractivity contribution in [2.75, 3.05) is 23.5 Å². The summed E-state index contributed by atoms with van der Waals surface area (Å²) in [4.78, 5) is 18.2. The number of hydrazine groups is 1. The summed E-state index contributed by atoms with van der Waals surface area (Å²) in [6, 6.07) is 1.96. The molecule has 6 heteroatoms. The average molecular weight is 252 g/mol. The maximum atomic E-state index is 12.4. The number of rotatable bonds is 2. The molecule has 3 N–H and O–H groups in total. The van der Waals surface area contributed by atoms with E-state index in [0.717, 1.165) is 18.1 Å². The van der Waals surface area contributed by atoms with E-state index in [9.17, 15) is 4.79 Å². The maximum absolute atomic E-state index is 12.4. The van der Waals surface area contributed by atoms with E-state index in [1.165, 1.54) is 0 Å². The first-order chi connectivity index (χ1) is 8.24. The van der Waals surface area contributed by atoms with Gasteiger partial charge in [0.15, 0.2) is 0 Å². The molecule has 1 aromatic heterocycles. The zero-order valence-corrected chi connectivity index (χ0v) is 10.5. The second kappa shape index (κ2) is 5.37. The van der Waals surface area contributed by atoms with Crippen LogP contribution in [0.4, 0.5) is 5.69 Å². The van der Waals surface area contributed by atoms with E-state index in [2.05, 4.69) is 17.3 Å². The van der Waals surface area contributed by atoms with E-state index < -0.39 is 0 Å². The van der Waals surface area contributed by atoms with Gasteiger partial charge in [-0.25, -0.2) is 0 Å². The van der Waals surface area contributed by atoms with Gasteiger partial charge >= 0.3 is 0 Å². The van der Waals surface area contributed by atoms with Gasteiger partial charge in [-0.1, -0.05) is 0 Å². The molecule has 0 spiro atoms. The Morgan fingerprint density at radius 2 is 2.53 bits per heavy atom. The summed E-state index contributed by atoms with van der Waals surface area (Å²) in [6.45, 7) is 2.85. The highest BCUT2D eigenvalue weighted by atomic mass is 32.2. The molecule has 2 rings (SSSR count).